The van der Waals surface area contributed by atoms with Crippen molar-refractivity contribution in [1.82, 2.24) is 23.8 Å². The second-order valence-corrected chi connectivity index (χ2v) is 9.39. The lowest BCUT2D eigenvalue weighted by Gasteiger charge is -2.20. The van der Waals surface area contributed by atoms with Crippen LogP contribution < -0.4 is 0 Å². The third kappa shape index (κ3) is 2.83. The molecule has 2 N–H and O–H groups in total. The second kappa shape index (κ2) is 6.86. The first-order chi connectivity index (χ1) is 14.4. The van der Waals surface area contributed by atoms with Crippen molar-refractivity contribution in [3.05, 3.63) is 54.4 Å². The molecule has 5 rings (SSSR count). The van der Waals surface area contributed by atoms with Crippen molar-refractivity contribution in [2.75, 3.05) is 13.1 Å². The third-order valence-corrected chi connectivity index (χ3v) is 7.48. The molecular formula is C20H20FN5O3S. The Morgan fingerprint density at radius 3 is 2.87 bits per heavy atom. The number of aliphatic hydroxyl groups excluding tert-OH is 1. The summed E-state index contributed by atoms with van der Waals surface area (Å²) in [4.78, 5) is 11.6. The van der Waals surface area contributed by atoms with Crippen LogP contribution in [0.2, 0.25) is 0 Å². The van der Waals surface area contributed by atoms with E-state index in [1.807, 2.05) is 10.6 Å². The fraction of sp³-hybridized carbons (Fsp3) is 0.300. The average molecular weight is 429 g/mol. The predicted octanol–water partition coefficient (Wildman–Crippen LogP) is 2.74. The normalized spacial score (nSPS) is 19.1. The van der Waals surface area contributed by atoms with Crippen molar-refractivity contribution in [2.24, 2.45) is 0 Å². The summed E-state index contributed by atoms with van der Waals surface area (Å²) in [5.74, 6) is -0.311. The number of pyridine rings is 1. The Bertz CT molecular complexity index is 1360. The number of aliphatic hydroxyl groups is 1. The van der Waals surface area contributed by atoms with Gasteiger partial charge in [-0.1, -0.05) is 12.1 Å². The number of imidazole rings is 1. The van der Waals surface area contributed by atoms with Gasteiger partial charge in [0.15, 0.2) is 0 Å². The molecule has 3 aromatic heterocycles. The number of fused-ring (bicyclic) bond motifs is 3. The standard InChI is InChI=1S/C20H20FN5O3S/c1-12(27)20-24-16-10-23-19-14(6-8-22-19)18(16)26(20)13-7-9-25(11-13)30(28,29)17-5-3-2-4-15(17)21/h2-6,8,10,12-13,27H,7,9,11H2,1H3,(H,22,23). The molecular weight excluding hydrogens is 409 g/mol. The molecule has 1 fully saturated rings. The van der Waals surface area contributed by atoms with Gasteiger partial charge in [-0.3, -0.25) is 0 Å². The summed E-state index contributed by atoms with van der Waals surface area (Å²) in [5, 5.41) is 11.2. The van der Waals surface area contributed by atoms with E-state index in [-0.39, 0.29) is 24.0 Å². The van der Waals surface area contributed by atoms with E-state index < -0.39 is 21.9 Å². The molecule has 2 unspecified atom stereocenters. The summed E-state index contributed by atoms with van der Waals surface area (Å²) in [6.45, 7) is 2.04. The highest BCUT2D eigenvalue weighted by Crippen LogP contribution is 2.35. The van der Waals surface area contributed by atoms with Crippen LogP contribution in [0.5, 0.6) is 0 Å². The van der Waals surface area contributed by atoms with Crippen LogP contribution in [0, 0.1) is 5.82 Å². The summed E-state index contributed by atoms with van der Waals surface area (Å²) < 4.78 is 43.4. The molecule has 8 nitrogen and oxygen atoms in total. The highest BCUT2D eigenvalue weighted by Gasteiger charge is 2.36. The Morgan fingerprint density at radius 1 is 1.30 bits per heavy atom. The number of aromatic amines is 1. The minimum Gasteiger partial charge on any atom is -0.385 e. The van der Waals surface area contributed by atoms with Gasteiger partial charge in [0.25, 0.3) is 0 Å². The van der Waals surface area contributed by atoms with E-state index in [9.17, 15) is 17.9 Å². The molecule has 0 saturated carbocycles. The van der Waals surface area contributed by atoms with Gasteiger partial charge in [0, 0.05) is 24.7 Å². The first-order valence-corrected chi connectivity index (χ1v) is 11.1. The number of hydrogen-bond donors (Lipinski definition) is 2. The van der Waals surface area contributed by atoms with Crippen molar-refractivity contribution in [3.63, 3.8) is 0 Å². The van der Waals surface area contributed by atoms with E-state index in [0.717, 1.165) is 17.0 Å². The lowest BCUT2D eigenvalue weighted by Crippen LogP contribution is -2.30. The minimum atomic E-state index is -3.97. The van der Waals surface area contributed by atoms with Crippen LogP contribution in [-0.4, -0.2) is 50.4 Å². The molecule has 30 heavy (non-hydrogen) atoms. The lowest BCUT2D eigenvalue weighted by molar-refractivity contribution is 0.182. The summed E-state index contributed by atoms with van der Waals surface area (Å²) in [5.41, 5.74) is 2.12. The van der Waals surface area contributed by atoms with Gasteiger partial charge >= 0.3 is 0 Å². The third-order valence-electron chi connectivity index (χ3n) is 5.58. The van der Waals surface area contributed by atoms with Crippen molar-refractivity contribution in [1.29, 1.82) is 0 Å². The smallest absolute Gasteiger partial charge is 0.246 e. The maximum absolute atomic E-state index is 14.2. The number of sulfonamides is 1. The average Bonchev–Trinajstić information content (AvgIpc) is 3.44. The first kappa shape index (κ1) is 19.2. The molecule has 156 valence electrons. The van der Waals surface area contributed by atoms with E-state index in [1.165, 1.54) is 22.5 Å². The zero-order chi connectivity index (χ0) is 21.0. The van der Waals surface area contributed by atoms with Gasteiger partial charge in [0.1, 0.15) is 33.8 Å². The first-order valence-electron chi connectivity index (χ1n) is 9.64. The van der Waals surface area contributed by atoms with Crippen LogP contribution in [0.15, 0.2) is 47.6 Å². The van der Waals surface area contributed by atoms with E-state index >= 15 is 0 Å². The summed E-state index contributed by atoms with van der Waals surface area (Å²) >= 11 is 0. The quantitative estimate of drug-likeness (QED) is 0.519. The lowest BCUT2D eigenvalue weighted by atomic mass is 10.2. The van der Waals surface area contributed by atoms with Crippen molar-refractivity contribution < 1.29 is 17.9 Å². The van der Waals surface area contributed by atoms with Crippen molar-refractivity contribution >= 4 is 32.1 Å². The van der Waals surface area contributed by atoms with Crippen molar-refractivity contribution in [3.8, 4) is 0 Å². The van der Waals surface area contributed by atoms with Gasteiger partial charge in [-0.05, 0) is 31.5 Å². The SMILES string of the molecule is CC(O)c1nc2cnc3[nH]ccc3c2n1C1CCN(S(=O)(=O)c2ccccc2F)C1. The fourth-order valence-corrected chi connectivity index (χ4v) is 5.76. The maximum Gasteiger partial charge on any atom is 0.246 e. The highest BCUT2D eigenvalue weighted by molar-refractivity contribution is 7.89. The molecule has 2 atom stereocenters. The summed E-state index contributed by atoms with van der Waals surface area (Å²) in [6, 6.07) is 7.03. The molecule has 1 saturated heterocycles. The largest absolute Gasteiger partial charge is 0.385 e. The number of halogens is 1. The molecule has 10 heteroatoms. The highest BCUT2D eigenvalue weighted by atomic mass is 32.2. The van der Waals surface area contributed by atoms with Gasteiger partial charge < -0.3 is 14.7 Å². The minimum absolute atomic E-state index is 0.163. The number of benzene rings is 1. The Morgan fingerprint density at radius 2 is 2.10 bits per heavy atom. The molecule has 4 aromatic rings. The number of nitrogens with zero attached hydrogens (tertiary/aromatic N) is 4. The Kier molecular flexibility index (Phi) is 4.38. The van der Waals surface area contributed by atoms with Crippen molar-refractivity contribution in [2.45, 2.75) is 30.4 Å². The summed E-state index contributed by atoms with van der Waals surface area (Å²) in [6.07, 6.45) is 3.09. The van der Waals surface area contributed by atoms with Crippen LogP contribution >= 0.6 is 0 Å². The number of nitrogens with one attached hydrogen (secondary N) is 1. The Balaban J connectivity index is 1.60. The molecule has 0 amide bonds. The molecule has 0 bridgehead atoms. The molecule has 1 aliphatic rings. The van der Waals surface area contributed by atoms with E-state index in [4.69, 9.17) is 0 Å². The predicted molar refractivity (Wildman–Crippen MR) is 109 cm³/mol. The Hall–Kier alpha value is -2.82. The molecule has 0 spiro atoms. The zero-order valence-corrected chi connectivity index (χ0v) is 17.0. The summed E-state index contributed by atoms with van der Waals surface area (Å²) in [7, 11) is -3.97. The number of aromatic nitrogens is 4. The molecule has 1 aromatic carbocycles. The Labute approximate surface area is 172 Å². The number of hydrogen-bond acceptors (Lipinski definition) is 5. The monoisotopic (exact) mass is 429 g/mol. The molecule has 4 heterocycles. The van der Waals surface area contributed by atoms with Crippen LogP contribution in [0.4, 0.5) is 4.39 Å². The second-order valence-electron chi connectivity index (χ2n) is 7.48. The molecule has 0 aliphatic carbocycles. The van der Waals surface area contributed by atoms with Gasteiger partial charge in [0.05, 0.1) is 17.8 Å². The fourth-order valence-electron chi connectivity index (χ4n) is 4.21. The molecule has 0 radical (unpaired) electrons. The molecule has 1 aliphatic heterocycles. The van der Waals surface area contributed by atoms with Gasteiger partial charge in [0.2, 0.25) is 10.0 Å². The van der Waals surface area contributed by atoms with E-state index in [1.54, 1.807) is 19.3 Å². The number of H-pyrrole nitrogens is 1. The van der Waals surface area contributed by atoms with Crippen LogP contribution in [-0.2, 0) is 10.0 Å². The van der Waals surface area contributed by atoms with Gasteiger partial charge in [-0.25, -0.2) is 22.8 Å². The number of rotatable bonds is 4. The van der Waals surface area contributed by atoms with Gasteiger partial charge in [-0.15, -0.1) is 0 Å². The maximum atomic E-state index is 14.2. The van der Waals surface area contributed by atoms with E-state index in [0.29, 0.717) is 23.4 Å². The van der Waals surface area contributed by atoms with E-state index in [2.05, 4.69) is 15.0 Å². The zero-order valence-electron chi connectivity index (χ0n) is 16.2. The topological polar surface area (TPSA) is 104 Å². The van der Waals surface area contributed by atoms with Gasteiger partial charge in [-0.2, -0.15) is 4.31 Å². The van der Waals surface area contributed by atoms with Crippen LogP contribution in [0.3, 0.4) is 0 Å². The van der Waals surface area contributed by atoms with Crippen LogP contribution in [0.25, 0.3) is 22.1 Å². The van der Waals surface area contributed by atoms with Crippen LogP contribution in [0.1, 0.15) is 31.3 Å².